The molecule has 1 aliphatic rings. The van der Waals surface area contributed by atoms with Gasteiger partial charge in [-0.05, 0) is 22.8 Å². The Morgan fingerprint density at radius 1 is 1.14 bits per heavy atom. The Morgan fingerprint density at radius 3 is 2.86 bits per heavy atom. The van der Waals surface area contributed by atoms with Crippen molar-refractivity contribution in [1.82, 2.24) is 20.2 Å². The van der Waals surface area contributed by atoms with E-state index in [0.717, 1.165) is 16.6 Å². The van der Waals surface area contributed by atoms with Crippen LogP contribution < -0.4 is 5.32 Å². The molecule has 1 N–H and O–H groups in total. The van der Waals surface area contributed by atoms with Gasteiger partial charge in [0.25, 0.3) is 0 Å². The molecular formula is C22H22N4O2. The molecule has 1 aromatic heterocycles. The molecule has 4 rings (SSSR count). The van der Waals surface area contributed by atoms with E-state index in [1.807, 2.05) is 23.1 Å². The van der Waals surface area contributed by atoms with Gasteiger partial charge in [0.05, 0.1) is 11.7 Å². The van der Waals surface area contributed by atoms with Gasteiger partial charge in [0.1, 0.15) is 0 Å². The molecule has 6 nitrogen and oxygen atoms in total. The number of carbonyl (C=O) groups excluding carboxylic acids is 2. The second-order valence-corrected chi connectivity index (χ2v) is 7.08. The molecule has 3 aromatic rings. The maximum atomic E-state index is 12.4. The number of carbonyl (C=O) groups is 2. The first kappa shape index (κ1) is 18.1. The number of hydrogen-bond acceptors (Lipinski definition) is 4. The van der Waals surface area contributed by atoms with E-state index in [1.54, 1.807) is 18.6 Å². The third-order valence-corrected chi connectivity index (χ3v) is 5.05. The number of nitrogens with one attached hydrogen (secondary N) is 1. The quantitative estimate of drug-likeness (QED) is 0.719. The lowest BCUT2D eigenvalue weighted by Gasteiger charge is -2.18. The van der Waals surface area contributed by atoms with Gasteiger partial charge in [-0.25, -0.2) is 0 Å². The van der Waals surface area contributed by atoms with Gasteiger partial charge in [-0.15, -0.1) is 0 Å². The molecule has 0 saturated carbocycles. The lowest BCUT2D eigenvalue weighted by Crippen LogP contribution is -2.37. The van der Waals surface area contributed by atoms with Gasteiger partial charge in [-0.3, -0.25) is 19.6 Å². The molecule has 0 radical (unpaired) electrons. The number of nitrogens with zero attached hydrogens (tertiary/aromatic N) is 3. The van der Waals surface area contributed by atoms with Gasteiger partial charge in [0.2, 0.25) is 11.8 Å². The average Bonchev–Trinajstić information content (AvgIpc) is 3.06. The number of aromatic nitrogens is 2. The molecule has 1 aliphatic heterocycles. The van der Waals surface area contributed by atoms with Crippen molar-refractivity contribution in [2.75, 3.05) is 6.54 Å². The minimum absolute atomic E-state index is 0.0598. The zero-order valence-corrected chi connectivity index (χ0v) is 15.5. The van der Waals surface area contributed by atoms with Crippen molar-refractivity contribution in [3.05, 3.63) is 72.3 Å². The molecule has 1 atom stereocenters. The van der Waals surface area contributed by atoms with Crippen LogP contribution in [0.15, 0.2) is 61.1 Å². The maximum Gasteiger partial charge on any atom is 0.225 e. The second-order valence-electron chi connectivity index (χ2n) is 7.08. The molecule has 6 heteroatoms. The van der Waals surface area contributed by atoms with Gasteiger partial charge in [-0.2, -0.15) is 0 Å². The molecule has 2 aromatic carbocycles. The third-order valence-electron chi connectivity index (χ3n) is 5.05. The lowest BCUT2D eigenvalue weighted by atomic mass is 10.0. The van der Waals surface area contributed by atoms with E-state index in [-0.39, 0.29) is 17.9 Å². The minimum Gasteiger partial charge on any atom is -0.351 e. The molecule has 0 aliphatic carbocycles. The highest BCUT2D eigenvalue weighted by molar-refractivity contribution is 5.87. The van der Waals surface area contributed by atoms with Crippen LogP contribution in [0.1, 0.15) is 24.1 Å². The van der Waals surface area contributed by atoms with Crippen LogP contribution in [0.2, 0.25) is 0 Å². The molecule has 1 saturated heterocycles. The fourth-order valence-electron chi connectivity index (χ4n) is 3.66. The van der Waals surface area contributed by atoms with E-state index in [4.69, 9.17) is 0 Å². The predicted octanol–water partition coefficient (Wildman–Crippen LogP) is 2.48. The van der Waals surface area contributed by atoms with E-state index in [2.05, 4.69) is 39.6 Å². The number of amides is 2. The smallest absolute Gasteiger partial charge is 0.225 e. The number of aryl methyl sites for hydroxylation is 1. The summed E-state index contributed by atoms with van der Waals surface area (Å²) in [6.45, 7) is 1.10. The van der Waals surface area contributed by atoms with Crippen LogP contribution in [0.25, 0.3) is 10.8 Å². The van der Waals surface area contributed by atoms with E-state index < -0.39 is 0 Å². The maximum absolute atomic E-state index is 12.4. The van der Waals surface area contributed by atoms with E-state index in [9.17, 15) is 9.59 Å². The zero-order valence-electron chi connectivity index (χ0n) is 15.5. The van der Waals surface area contributed by atoms with E-state index >= 15 is 0 Å². The van der Waals surface area contributed by atoms with Crippen molar-refractivity contribution < 1.29 is 9.59 Å². The topological polar surface area (TPSA) is 75.2 Å². The summed E-state index contributed by atoms with van der Waals surface area (Å²) in [5.74, 6) is 0.0163. The van der Waals surface area contributed by atoms with Crippen molar-refractivity contribution in [1.29, 1.82) is 0 Å². The number of likely N-dealkylation sites (tertiary alicyclic amines) is 1. The minimum atomic E-state index is -0.142. The first-order chi connectivity index (χ1) is 13.7. The highest BCUT2D eigenvalue weighted by Crippen LogP contribution is 2.22. The molecule has 2 heterocycles. The van der Waals surface area contributed by atoms with Crippen molar-refractivity contribution in [3.8, 4) is 0 Å². The summed E-state index contributed by atoms with van der Waals surface area (Å²) in [5, 5.41) is 5.31. The average molecular weight is 374 g/mol. The summed E-state index contributed by atoms with van der Waals surface area (Å²) in [7, 11) is 0. The fraction of sp³-hybridized carbons (Fsp3) is 0.273. The Morgan fingerprint density at radius 2 is 2.00 bits per heavy atom. The fourth-order valence-corrected chi connectivity index (χ4v) is 3.66. The van der Waals surface area contributed by atoms with Crippen LogP contribution in [-0.4, -0.2) is 39.3 Å². The van der Waals surface area contributed by atoms with Gasteiger partial charge in [0.15, 0.2) is 0 Å². The summed E-state index contributed by atoms with van der Waals surface area (Å²) in [5.41, 5.74) is 1.92. The zero-order chi connectivity index (χ0) is 19.3. The van der Waals surface area contributed by atoms with Crippen molar-refractivity contribution in [2.24, 2.45) is 0 Å². The van der Waals surface area contributed by atoms with Gasteiger partial charge >= 0.3 is 0 Å². The Kier molecular flexibility index (Phi) is 5.28. The highest BCUT2D eigenvalue weighted by atomic mass is 16.2. The first-order valence-corrected chi connectivity index (χ1v) is 9.48. The van der Waals surface area contributed by atoms with E-state index in [1.165, 1.54) is 5.39 Å². The normalized spacial score (nSPS) is 16.5. The summed E-state index contributed by atoms with van der Waals surface area (Å²) in [6, 6.07) is 14.2. The van der Waals surface area contributed by atoms with Crippen LogP contribution in [0, 0.1) is 0 Å². The molecule has 0 bridgehead atoms. The lowest BCUT2D eigenvalue weighted by molar-refractivity contribution is -0.128. The van der Waals surface area contributed by atoms with Crippen LogP contribution >= 0.6 is 0 Å². The predicted molar refractivity (Wildman–Crippen MR) is 106 cm³/mol. The monoisotopic (exact) mass is 374 g/mol. The van der Waals surface area contributed by atoms with Gasteiger partial charge in [0, 0.05) is 44.5 Å². The second kappa shape index (κ2) is 8.17. The Labute approximate surface area is 163 Å². The standard InChI is InChI=1S/C22H22N4O2/c27-21(9-8-18-13-23-10-11-24-18)25-19-12-22(28)26(15-19)14-17-6-3-5-16-4-1-2-7-20(16)17/h1-7,10-11,13,19H,8-9,12,14-15H2,(H,25,27)/t19-/m0/s1. The third kappa shape index (κ3) is 4.17. The first-order valence-electron chi connectivity index (χ1n) is 9.48. The largest absolute Gasteiger partial charge is 0.351 e. The molecule has 0 unspecified atom stereocenters. The summed E-state index contributed by atoms with van der Waals surface area (Å²) in [4.78, 5) is 34.7. The molecule has 1 fully saturated rings. The number of benzene rings is 2. The summed E-state index contributed by atoms with van der Waals surface area (Å²) < 4.78 is 0. The van der Waals surface area contributed by atoms with Crippen LogP contribution in [0.5, 0.6) is 0 Å². The highest BCUT2D eigenvalue weighted by Gasteiger charge is 2.30. The van der Waals surface area contributed by atoms with Crippen molar-refractivity contribution in [2.45, 2.75) is 31.8 Å². The molecule has 0 spiro atoms. The SMILES string of the molecule is O=C(CCc1cnccn1)N[C@H]1CC(=O)N(Cc2cccc3ccccc23)C1. The van der Waals surface area contributed by atoms with Crippen LogP contribution in [0.4, 0.5) is 0 Å². The van der Waals surface area contributed by atoms with Gasteiger partial charge < -0.3 is 10.2 Å². The van der Waals surface area contributed by atoms with E-state index in [0.29, 0.717) is 32.4 Å². The van der Waals surface area contributed by atoms with Gasteiger partial charge in [-0.1, -0.05) is 42.5 Å². The summed E-state index contributed by atoms with van der Waals surface area (Å²) in [6.07, 6.45) is 6.12. The van der Waals surface area contributed by atoms with Crippen LogP contribution in [-0.2, 0) is 22.6 Å². The molecular weight excluding hydrogens is 352 g/mol. The molecule has 2 amide bonds. The Bertz CT molecular complexity index is 985. The summed E-state index contributed by atoms with van der Waals surface area (Å²) >= 11 is 0. The number of hydrogen-bond donors (Lipinski definition) is 1. The van der Waals surface area contributed by atoms with Crippen LogP contribution in [0.3, 0.4) is 0 Å². The number of rotatable bonds is 6. The van der Waals surface area contributed by atoms with Crippen molar-refractivity contribution >= 4 is 22.6 Å². The van der Waals surface area contributed by atoms with Crippen molar-refractivity contribution in [3.63, 3.8) is 0 Å². The molecule has 28 heavy (non-hydrogen) atoms. The Hall–Kier alpha value is -3.28. The number of fused-ring (bicyclic) bond motifs is 1. The molecule has 142 valence electrons. The Balaban J connectivity index is 1.34.